The zero-order valence-electron chi connectivity index (χ0n) is 16.1. The Kier molecular flexibility index (Phi) is 5.03. The first-order valence-corrected chi connectivity index (χ1v) is 9.11. The van der Waals surface area contributed by atoms with Gasteiger partial charge in [0.15, 0.2) is 0 Å². The smallest absolute Gasteiger partial charge is 0.412 e. The van der Waals surface area contributed by atoms with Gasteiger partial charge in [0.1, 0.15) is 11.3 Å². The quantitative estimate of drug-likeness (QED) is 0.894. The van der Waals surface area contributed by atoms with Gasteiger partial charge < -0.3 is 19.3 Å². The fraction of sp³-hybridized carbons (Fsp3) is 0.650. The van der Waals surface area contributed by atoms with E-state index < -0.39 is 29.6 Å². The van der Waals surface area contributed by atoms with Gasteiger partial charge >= 0.3 is 6.09 Å². The normalized spacial score (nSPS) is 29.2. The maximum atomic E-state index is 12.8. The maximum absolute atomic E-state index is 12.8. The molecule has 1 amide bonds. The highest BCUT2D eigenvalue weighted by molar-refractivity contribution is 5.70. The van der Waals surface area contributed by atoms with Gasteiger partial charge in [-0.25, -0.2) is 4.79 Å². The lowest BCUT2D eigenvalue weighted by Crippen LogP contribution is -2.57. The summed E-state index contributed by atoms with van der Waals surface area (Å²) in [6.45, 7) is 9.83. The molecule has 1 aromatic rings. The molecule has 0 spiro atoms. The Morgan fingerprint density at radius 1 is 1.27 bits per heavy atom. The van der Waals surface area contributed by atoms with Gasteiger partial charge in [-0.1, -0.05) is 30.3 Å². The Bertz CT molecular complexity index is 639. The Morgan fingerprint density at radius 2 is 1.92 bits per heavy atom. The molecular weight excluding hydrogens is 334 g/mol. The van der Waals surface area contributed by atoms with Gasteiger partial charge in [0, 0.05) is 5.92 Å². The first kappa shape index (κ1) is 19.1. The molecule has 0 bridgehead atoms. The molecule has 2 aliphatic heterocycles. The Labute approximate surface area is 155 Å². The van der Waals surface area contributed by atoms with Crippen molar-refractivity contribution in [2.45, 2.75) is 64.2 Å². The third kappa shape index (κ3) is 3.72. The summed E-state index contributed by atoms with van der Waals surface area (Å²) in [6.07, 6.45) is -1.40. The minimum atomic E-state index is -0.833. The van der Waals surface area contributed by atoms with E-state index in [9.17, 15) is 9.90 Å². The molecule has 0 aromatic heterocycles. The molecule has 26 heavy (non-hydrogen) atoms. The predicted molar refractivity (Wildman–Crippen MR) is 96.5 cm³/mol. The van der Waals surface area contributed by atoms with Crippen molar-refractivity contribution in [2.24, 2.45) is 5.92 Å². The molecule has 2 aliphatic rings. The van der Waals surface area contributed by atoms with Crippen molar-refractivity contribution in [2.75, 3.05) is 13.2 Å². The van der Waals surface area contributed by atoms with Gasteiger partial charge in [0.05, 0.1) is 31.5 Å². The number of carbonyl (C=O) groups is 1. The lowest BCUT2D eigenvalue weighted by atomic mass is 9.83. The number of hydrogen-bond acceptors (Lipinski definition) is 5. The van der Waals surface area contributed by atoms with Crippen LogP contribution in [0.4, 0.5) is 4.79 Å². The molecule has 0 saturated carbocycles. The van der Waals surface area contributed by atoms with Gasteiger partial charge in [-0.15, -0.1) is 0 Å². The first-order chi connectivity index (χ1) is 12.1. The number of hydrogen-bond donors (Lipinski definition) is 1. The van der Waals surface area contributed by atoms with Crippen LogP contribution in [0.15, 0.2) is 30.3 Å². The molecule has 1 aromatic carbocycles. The molecule has 3 rings (SSSR count). The van der Waals surface area contributed by atoms with Crippen LogP contribution < -0.4 is 0 Å². The third-order valence-corrected chi connectivity index (χ3v) is 4.93. The van der Waals surface area contributed by atoms with Crippen molar-refractivity contribution in [3.8, 4) is 0 Å². The molecule has 4 atom stereocenters. The van der Waals surface area contributed by atoms with Gasteiger partial charge in [-0.05, 0) is 40.2 Å². The highest BCUT2D eigenvalue weighted by Gasteiger charge is 2.52. The number of carbonyl (C=O) groups excluding carboxylic acids is 1. The summed E-state index contributed by atoms with van der Waals surface area (Å²) in [4.78, 5) is 14.3. The van der Waals surface area contributed by atoms with E-state index in [0.29, 0.717) is 6.61 Å². The van der Waals surface area contributed by atoms with E-state index in [-0.39, 0.29) is 18.6 Å². The van der Waals surface area contributed by atoms with Crippen LogP contribution in [0.25, 0.3) is 0 Å². The van der Waals surface area contributed by atoms with Gasteiger partial charge in [0.2, 0.25) is 0 Å². The van der Waals surface area contributed by atoms with Crippen LogP contribution in [0.1, 0.15) is 46.3 Å². The van der Waals surface area contributed by atoms with E-state index in [1.54, 1.807) is 0 Å². The minimum absolute atomic E-state index is 0.0927. The number of ether oxygens (including phenoxy) is 3. The van der Waals surface area contributed by atoms with E-state index in [2.05, 4.69) is 0 Å². The average Bonchev–Trinajstić information content (AvgIpc) is 2.81. The van der Waals surface area contributed by atoms with Crippen LogP contribution in [0.2, 0.25) is 0 Å². The zero-order chi connectivity index (χ0) is 19.1. The zero-order valence-corrected chi connectivity index (χ0v) is 16.1. The fourth-order valence-electron chi connectivity index (χ4n) is 3.60. The monoisotopic (exact) mass is 363 g/mol. The minimum Gasteiger partial charge on any atom is -0.444 e. The predicted octanol–water partition coefficient (Wildman–Crippen LogP) is 3.11. The van der Waals surface area contributed by atoms with Crippen LogP contribution in [0.3, 0.4) is 0 Å². The number of aliphatic hydroxyl groups is 1. The Balaban J connectivity index is 1.77. The molecule has 0 unspecified atom stereocenters. The van der Waals surface area contributed by atoms with E-state index in [1.807, 2.05) is 65.0 Å². The van der Waals surface area contributed by atoms with Crippen LogP contribution in [-0.4, -0.2) is 52.8 Å². The first-order valence-electron chi connectivity index (χ1n) is 9.11. The Morgan fingerprint density at radius 3 is 2.46 bits per heavy atom. The van der Waals surface area contributed by atoms with E-state index >= 15 is 0 Å². The standard InChI is InChI=1S/C20H29NO5/c1-19(2,3)26-18(23)21-15(12-25-20(21,4)5)16(22)14-11-24-17(14)13-9-7-6-8-10-13/h6-10,14-17,22H,11-12H2,1-5H3/t14-,15+,16+,17+/m1/s1. The molecular formula is C20H29NO5. The van der Waals surface area contributed by atoms with Crippen molar-refractivity contribution in [1.82, 2.24) is 4.90 Å². The Hall–Kier alpha value is -1.63. The highest BCUT2D eigenvalue weighted by Crippen LogP contribution is 2.41. The van der Waals surface area contributed by atoms with E-state index in [1.165, 1.54) is 4.90 Å². The van der Waals surface area contributed by atoms with Gasteiger partial charge in [0.25, 0.3) is 0 Å². The number of benzene rings is 1. The molecule has 0 radical (unpaired) electrons. The summed E-state index contributed by atoms with van der Waals surface area (Å²) in [5.74, 6) is -0.0927. The number of amides is 1. The summed E-state index contributed by atoms with van der Waals surface area (Å²) in [6, 6.07) is 9.37. The average molecular weight is 363 g/mol. The van der Waals surface area contributed by atoms with E-state index in [0.717, 1.165) is 5.56 Å². The summed E-state index contributed by atoms with van der Waals surface area (Å²) in [7, 11) is 0. The van der Waals surface area contributed by atoms with Crippen LogP contribution in [0, 0.1) is 5.92 Å². The maximum Gasteiger partial charge on any atom is 0.412 e. The largest absolute Gasteiger partial charge is 0.444 e. The molecule has 0 aliphatic carbocycles. The lowest BCUT2D eigenvalue weighted by Gasteiger charge is -2.44. The number of nitrogens with zero attached hydrogens (tertiary/aromatic N) is 1. The molecule has 2 fully saturated rings. The lowest BCUT2D eigenvalue weighted by molar-refractivity contribution is -0.173. The van der Waals surface area contributed by atoms with Gasteiger partial charge in [-0.2, -0.15) is 0 Å². The van der Waals surface area contributed by atoms with E-state index in [4.69, 9.17) is 14.2 Å². The van der Waals surface area contributed by atoms with Crippen molar-refractivity contribution in [3.63, 3.8) is 0 Å². The summed E-state index contributed by atoms with van der Waals surface area (Å²) in [5.41, 5.74) is -0.414. The second-order valence-corrected chi connectivity index (χ2v) is 8.49. The summed E-state index contributed by atoms with van der Waals surface area (Å²) in [5, 5.41) is 11.0. The second kappa shape index (κ2) is 6.83. The molecule has 6 heteroatoms. The van der Waals surface area contributed by atoms with Crippen LogP contribution in [0.5, 0.6) is 0 Å². The topological polar surface area (TPSA) is 68.2 Å². The SMILES string of the molecule is CC(C)(C)OC(=O)N1[C@H]([C@@H](O)[C@H]2CO[C@H]2c2ccccc2)COC1(C)C. The summed E-state index contributed by atoms with van der Waals surface area (Å²) >= 11 is 0. The highest BCUT2D eigenvalue weighted by atomic mass is 16.6. The van der Waals surface area contributed by atoms with Crippen molar-refractivity contribution in [1.29, 1.82) is 0 Å². The van der Waals surface area contributed by atoms with Gasteiger partial charge in [-0.3, -0.25) is 4.90 Å². The molecule has 6 nitrogen and oxygen atoms in total. The molecule has 2 saturated heterocycles. The van der Waals surface area contributed by atoms with Crippen molar-refractivity contribution < 1.29 is 24.1 Å². The number of aliphatic hydroxyl groups excluding tert-OH is 1. The summed E-state index contributed by atoms with van der Waals surface area (Å²) < 4.78 is 17.1. The van der Waals surface area contributed by atoms with Crippen molar-refractivity contribution >= 4 is 6.09 Å². The van der Waals surface area contributed by atoms with Crippen LogP contribution in [-0.2, 0) is 14.2 Å². The third-order valence-electron chi connectivity index (χ3n) is 4.93. The molecule has 1 N–H and O–H groups in total. The van der Waals surface area contributed by atoms with Crippen molar-refractivity contribution in [3.05, 3.63) is 35.9 Å². The second-order valence-electron chi connectivity index (χ2n) is 8.49. The molecule has 144 valence electrons. The number of rotatable bonds is 3. The van der Waals surface area contributed by atoms with Crippen LogP contribution >= 0.6 is 0 Å². The molecule has 2 heterocycles. The fourth-order valence-corrected chi connectivity index (χ4v) is 3.60.